The molecule has 0 spiro atoms. The number of aryl methyl sites for hydroxylation is 1. The van der Waals surface area contributed by atoms with E-state index in [1.807, 2.05) is 54.2 Å². The molecule has 6 heteroatoms. The molecule has 0 N–H and O–H groups in total. The highest BCUT2D eigenvalue weighted by atomic mass is 79.9. The fourth-order valence-corrected chi connectivity index (χ4v) is 2.52. The van der Waals surface area contributed by atoms with Crippen molar-refractivity contribution in [3.05, 3.63) is 83.9 Å². The van der Waals surface area contributed by atoms with Gasteiger partial charge < -0.3 is 26.5 Å². The van der Waals surface area contributed by atoms with Crippen molar-refractivity contribution in [2.45, 2.75) is 20.1 Å². The molecule has 2 heterocycles. The second-order valence-corrected chi connectivity index (χ2v) is 5.92. The standard InChI is InChI=1S/C21H21N2O3.BrH/c1-16-4-3-5-18(22-16)15-26-20-10-12-23(13-11-20)14-21(24)17-6-8-19(25-2)9-7-17;/h3-13H,14-15H2,1-2H3;1H/q+1;/p-1. The Morgan fingerprint density at radius 2 is 1.70 bits per heavy atom. The second kappa shape index (κ2) is 9.83. The monoisotopic (exact) mass is 428 g/mol. The van der Waals surface area contributed by atoms with Gasteiger partial charge in [-0.05, 0) is 43.3 Å². The van der Waals surface area contributed by atoms with Crippen LogP contribution in [0.4, 0.5) is 0 Å². The van der Waals surface area contributed by atoms with Crippen LogP contribution in [0.25, 0.3) is 0 Å². The van der Waals surface area contributed by atoms with Crippen LogP contribution in [-0.2, 0) is 13.2 Å². The highest BCUT2D eigenvalue weighted by molar-refractivity contribution is 5.95. The Morgan fingerprint density at radius 1 is 1.00 bits per heavy atom. The molecule has 0 aliphatic rings. The lowest BCUT2D eigenvalue weighted by Crippen LogP contribution is -3.00. The van der Waals surface area contributed by atoms with E-state index in [0.717, 1.165) is 22.9 Å². The Balaban J connectivity index is 0.00000261. The molecule has 0 saturated carbocycles. The molecular weight excluding hydrogens is 408 g/mol. The minimum Gasteiger partial charge on any atom is -1.00 e. The van der Waals surface area contributed by atoms with Gasteiger partial charge in [0.1, 0.15) is 18.1 Å². The van der Waals surface area contributed by atoms with Gasteiger partial charge in [0, 0.05) is 23.4 Å². The molecule has 0 amide bonds. The van der Waals surface area contributed by atoms with E-state index in [-0.39, 0.29) is 29.3 Å². The first-order valence-corrected chi connectivity index (χ1v) is 8.36. The van der Waals surface area contributed by atoms with E-state index < -0.39 is 0 Å². The summed E-state index contributed by atoms with van der Waals surface area (Å²) in [4.78, 5) is 16.7. The van der Waals surface area contributed by atoms with Crippen LogP contribution in [0.5, 0.6) is 11.5 Å². The third-order valence-corrected chi connectivity index (χ3v) is 3.93. The van der Waals surface area contributed by atoms with Crippen molar-refractivity contribution in [3.8, 4) is 11.5 Å². The summed E-state index contributed by atoms with van der Waals surface area (Å²) >= 11 is 0. The normalized spacial score (nSPS) is 10.0. The Morgan fingerprint density at radius 3 is 2.33 bits per heavy atom. The maximum absolute atomic E-state index is 12.3. The van der Waals surface area contributed by atoms with E-state index in [2.05, 4.69) is 4.98 Å². The lowest BCUT2D eigenvalue weighted by molar-refractivity contribution is -0.683. The van der Waals surface area contributed by atoms with E-state index in [0.29, 0.717) is 12.2 Å². The van der Waals surface area contributed by atoms with Crippen LogP contribution in [0.3, 0.4) is 0 Å². The summed E-state index contributed by atoms with van der Waals surface area (Å²) in [5.41, 5.74) is 2.51. The number of benzene rings is 1. The van der Waals surface area contributed by atoms with Gasteiger partial charge in [-0.25, -0.2) is 0 Å². The highest BCUT2D eigenvalue weighted by Crippen LogP contribution is 2.12. The number of halogens is 1. The van der Waals surface area contributed by atoms with Crippen LogP contribution in [0.15, 0.2) is 67.0 Å². The van der Waals surface area contributed by atoms with Crippen molar-refractivity contribution in [1.29, 1.82) is 0 Å². The van der Waals surface area contributed by atoms with E-state index in [1.165, 1.54) is 0 Å². The van der Waals surface area contributed by atoms with Crippen molar-refractivity contribution < 1.29 is 35.8 Å². The Kier molecular flexibility index (Phi) is 7.49. The quantitative estimate of drug-likeness (QED) is 0.397. The number of nitrogens with zero attached hydrogens (tertiary/aromatic N) is 2. The summed E-state index contributed by atoms with van der Waals surface area (Å²) in [6, 6.07) is 16.7. The van der Waals surface area contributed by atoms with Gasteiger partial charge in [0.2, 0.25) is 12.3 Å². The third kappa shape index (κ3) is 5.89. The summed E-state index contributed by atoms with van der Waals surface area (Å²) < 4.78 is 12.7. The van der Waals surface area contributed by atoms with E-state index in [9.17, 15) is 4.79 Å². The van der Waals surface area contributed by atoms with E-state index >= 15 is 0 Å². The van der Waals surface area contributed by atoms with Crippen molar-refractivity contribution >= 4 is 5.78 Å². The molecule has 2 aromatic heterocycles. The van der Waals surface area contributed by atoms with Crippen LogP contribution in [0.1, 0.15) is 21.7 Å². The number of ether oxygens (including phenoxy) is 2. The van der Waals surface area contributed by atoms with Gasteiger partial charge in [0.25, 0.3) is 0 Å². The topological polar surface area (TPSA) is 52.3 Å². The minimum absolute atomic E-state index is 0. The summed E-state index contributed by atoms with van der Waals surface area (Å²) in [6.45, 7) is 2.64. The first-order valence-electron chi connectivity index (χ1n) is 8.36. The van der Waals surface area contributed by atoms with Gasteiger partial charge in [0.05, 0.1) is 12.8 Å². The number of hydrogen-bond acceptors (Lipinski definition) is 4. The van der Waals surface area contributed by atoms with Crippen LogP contribution < -0.4 is 31.0 Å². The molecule has 0 saturated heterocycles. The number of carbonyl (C=O) groups is 1. The lowest BCUT2D eigenvalue weighted by atomic mass is 10.1. The van der Waals surface area contributed by atoms with Gasteiger partial charge >= 0.3 is 0 Å². The minimum atomic E-state index is 0. The van der Waals surface area contributed by atoms with Gasteiger partial charge in [-0.3, -0.25) is 9.78 Å². The zero-order valence-electron chi connectivity index (χ0n) is 15.3. The molecule has 0 aliphatic carbocycles. The predicted molar refractivity (Wildman–Crippen MR) is 97.3 cm³/mol. The van der Waals surface area contributed by atoms with E-state index in [1.54, 1.807) is 31.4 Å². The van der Waals surface area contributed by atoms with Gasteiger partial charge in [-0.15, -0.1) is 0 Å². The van der Waals surface area contributed by atoms with Crippen LogP contribution in [0.2, 0.25) is 0 Å². The summed E-state index contributed by atoms with van der Waals surface area (Å²) in [6.07, 6.45) is 3.67. The second-order valence-electron chi connectivity index (χ2n) is 5.92. The van der Waals surface area contributed by atoms with Gasteiger partial charge in [0.15, 0.2) is 12.4 Å². The maximum Gasteiger partial charge on any atom is 0.227 e. The number of ketones is 1. The van der Waals surface area contributed by atoms with Gasteiger partial charge in [-0.2, -0.15) is 4.57 Å². The number of aromatic nitrogens is 2. The zero-order chi connectivity index (χ0) is 18.4. The first-order chi connectivity index (χ1) is 12.6. The Hall–Kier alpha value is -2.73. The number of methoxy groups -OCH3 is 1. The Bertz CT molecular complexity index is 881. The fraction of sp³-hybridized carbons (Fsp3) is 0.190. The highest BCUT2D eigenvalue weighted by Gasteiger charge is 2.12. The molecule has 3 aromatic rings. The molecule has 27 heavy (non-hydrogen) atoms. The van der Waals surface area contributed by atoms with Crippen LogP contribution >= 0.6 is 0 Å². The number of carbonyl (C=O) groups excluding carboxylic acids is 1. The van der Waals surface area contributed by atoms with Crippen LogP contribution in [-0.4, -0.2) is 17.9 Å². The number of pyridine rings is 2. The van der Waals surface area contributed by atoms with Crippen molar-refractivity contribution in [3.63, 3.8) is 0 Å². The first kappa shape index (κ1) is 20.6. The smallest absolute Gasteiger partial charge is 0.227 e. The molecule has 0 aliphatic heterocycles. The molecule has 3 rings (SSSR count). The van der Waals surface area contributed by atoms with Crippen molar-refractivity contribution in [2.75, 3.05) is 7.11 Å². The molecule has 0 unspecified atom stereocenters. The largest absolute Gasteiger partial charge is 1.00 e. The maximum atomic E-state index is 12.3. The predicted octanol–water partition coefficient (Wildman–Crippen LogP) is 0.152. The molecule has 0 atom stereocenters. The van der Waals surface area contributed by atoms with Crippen molar-refractivity contribution in [2.24, 2.45) is 0 Å². The molecule has 1 aromatic carbocycles. The SMILES string of the molecule is COc1ccc(C(=O)C[n+]2ccc(OCc3cccc(C)n3)cc2)cc1.[Br-]. The average molecular weight is 429 g/mol. The summed E-state index contributed by atoms with van der Waals surface area (Å²) in [7, 11) is 1.60. The van der Waals surface area contributed by atoms with Crippen LogP contribution in [0, 0.1) is 6.92 Å². The Labute approximate surface area is 169 Å². The fourth-order valence-electron chi connectivity index (χ4n) is 2.52. The molecular formula is C21H21BrN2O3. The van der Waals surface area contributed by atoms with Gasteiger partial charge in [-0.1, -0.05) is 6.07 Å². The molecule has 5 nitrogen and oxygen atoms in total. The lowest BCUT2D eigenvalue weighted by Gasteiger charge is -2.06. The number of hydrogen-bond donors (Lipinski definition) is 0. The number of Topliss-reactive ketones (excluding diaryl/α,β-unsaturated/α-hetero) is 1. The number of rotatable bonds is 7. The average Bonchev–Trinajstić information content (AvgIpc) is 2.67. The molecule has 0 fully saturated rings. The summed E-state index contributed by atoms with van der Waals surface area (Å²) in [5, 5.41) is 0. The van der Waals surface area contributed by atoms with E-state index in [4.69, 9.17) is 9.47 Å². The third-order valence-electron chi connectivity index (χ3n) is 3.93. The molecule has 0 bridgehead atoms. The molecule has 0 radical (unpaired) electrons. The molecule has 140 valence electrons. The zero-order valence-corrected chi connectivity index (χ0v) is 16.8. The summed E-state index contributed by atoms with van der Waals surface area (Å²) in [5.74, 6) is 1.51. The van der Waals surface area contributed by atoms with Crippen molar-refractivity contribution in [1.82, 2.24) is 4.98 Å².